The Balaban J connectivity index is 4.39. The summed E-state index contributed by atoms with van der Waals surface area (Å²) in [6.45, 7) is 14.8. The van der Waals surface area contributed by atoms with E-state index in [1.165, 1.54) is 0 Å². The quantitative estimate of drug-likeness (QED) is 0.639. The summed E-state index contributed by atoms with van der Waals surface area (Å²) in [5.74, 6) is 0.289. The van der Waals surface area contributed by atoms with E-state index in [0.717, 1.165) is 0 Å². The van der Waals surface area contributed by atoms with Gasteiger partial charge in [-0.3, -0.25) is 4.79 Å². The standard InChI is InChI=1S/C16H33N3O3/c1-11(2)12(9-18-14(21)22-15(3,4)5)10-19-16(6,7)8-13(17)20/h11-12,19H,8-10H2,1-7H3,(H2,17,20)(H,18,21). The van der Waals surface area contributed by atoms with Crippen molar-refractivity contribution in [1.29, 1.82) is 0 Å². The van der Waals surface area contributed by atoms with Gasteiger partial charge < -0.3 is 21.1 Å². The van der Waals surface area contributed by atoms with E-state index in [2.05, 4.69) is 24.5 Å². The minimum Gasteiger partial charge on any atom is -0.444 e. The molecule has 6 nitrogen and oxygen atoms in total. The summed E-state index contributed by atoms with van der Waals surface area (Å²) in [5.41, 5.74) is 4.39. The van der Waals surface area contributed by atoms with Crippen LogP contribution in [-0.2, 0) is 9.53 Å². The second kappa shape index (κ2) is 8.36. The molecule has 0 fully saturated rings. The molecule has 2 amide bonds. The molecule has 0 aromatic carbocycles. The number of alkyl carbamates (subject to hydrolysis) is 1. The van der Waals surface area contributed by atoms with E-state index in [4.69, 9.17) is 10.5 Å². The number of nitrogens with two attached hydrogens (primary N) is 1. The predicted molar refractivity (Wildman–Crippen MR) is 88.5 cm³/mol. The Morgan fingerprint density at radius 2 is 1.64 bits per heavy atom. The molecule has 1 unspecified atom stereocenters. The van der Waals surface area contributed by atoms with Gasteiger partial charge in [0.15, 0.2) is 0 Å². The second-order valence-electron chi connectivity index (χ2n) is 7.79. The van der Waals surface area contributed by atoms with Crippen molar-refractivity contribution in [2.24, 2.45) is 17.6 Å². The van der Waals surface area contributed by atoms with Gasteiger partial charge in [-0.05, 0) is 46.5 Å². The summed E-state index contributed by atoms with van der Waals surface area (Å²) >= 11 is 0. The Bertz CT molecular complexity index is 373. The van der Waals surface area contributed by atoms with Crippen molar-refractivity contribution < 1.29 is 14.3 Å². The average Bonchev–Trinajstić information content (AvgIpc) is 2.23. The second-order valence-corrected chi connectivity index (χ2v) is 7.79. The molecule has 0 saturated heterocycles. The maximum absolute atomic E-state index is 11.7. The molecule has 0 saturated carbocycles. The fourth-order valence-corrected chi connectivity index (χ4v) is 1.98. The van der Waals surface area contributed by atoms with Crippen LogP contribution in [0.4, 0.5) is 4.79 Å². The number of carbonyl (C=O) groups excluding carboxylic acids is 2. The van der Waals surface area contributed by atoms with Crippen LogP contribution in [0.2, 0.25) is 0 Å². The highest BCUT2D eigenvalue weighted by molar-refractivity contribution is 5.75. The molecule has 0 aliphatic heterocycles. The lowest BCUT2D eigenvalue weighted by Gasteiger charge is -2.30. The lowest BCUT2D eigenvalue weighted by atomic mass is 9.93. The number of amides is 2. The first-order chi connectivity index (χ1) is 9.82. The van der Waals surface area contributed by atoms with Gasteiger partial charge in [0.2, 0.25) is 5.91 Å². The smallest absolute Gasteiger partial charge is 0.407 e. The molecule has 0 aromatic heterocycles. The number of nitrogens with one attached hydrogen (secondary N) is 2. The molecule has 0 rings (SSSR count). The van der Waals surface area contributed by atoms with Crippen molar-refractivity contribution in [3.8, 4) is 0 Å². The van der Waals surface area contributed by atoms with Crippen LogP contribution in [0.5, 0.6) is 0 Å². The van der Waals surface area contributed by atoms with Gasteiger partial charge in [0, 0.05) is 25.0 Å². The zero-order chi connectivity index (χ0) is 17.6. The van der Waals surface area contributed by atoms with Crippen molar-refractivity contribution >= 4 is 12.0 Å². The number of rotatable bonds is 8. The van der Waals surface area contributed by atoms with Crippen LogP contribution < -0.4 is 16.4 Å². The Kier molecular flexibility index (Phi) is 7.87. The largest absolute Gasteiger partial charge is 0.444 e. The Hall–Kier alpha value is -1.30. The normalized spacial score (nSPS) is 13.8. The molecule has 4 N–H and O–H groups in total. The van der Waals surface area contributed by atoms with Gasteiger partial charge in [0.25, 0.3) is 0 Å². The molecule has 1 atom stereocenters. The van der Waals surface area contributed by atoms with E-state index in [9.17, 15) is 9.59 Å². The monoisotopic (exact) mass is 315 g/mol. The van der Waals surface area contributed by atoms with Gasteiger partial charge in [-0.15, -0.1) is 0 Å². The Labute approximate surface area is 134 Å². The molecule has 0 radical (unpaired) electrons. The van der Waals surface area contributed by atoms with Gasteiger partial charge in [0.1, 0.15) is 5.60 Å². The molecule has 0 aliphatic rings. The SMILES string of the molecule is CC(C)C(CNC(=O)OC(C)(C)C)CNC(C)(C)CC(N)=O. The third-order valence-electron chi connectivity index (χ3n) is 3.31. The first-order valence-corrected chi connectivity index (χ1v) is 7.82. The van der Waals surface area contributed by atoms with Gasteiger partial charge in [-0.1, -0.05) is 13.8 Å². The summed E-state index contributed by atoms with van der Waals surface area (Å²) < 4.78 is 5.23. The molecule has 0 heterocycles. The zero-order valence-corrected chi connectivity index (χ0v) is 15.1. The summed E-state index contributed by atoms with van der Waals surface area (Å²) in [6, 6.07) is 0. The molecular weight excluding hydrogens is 282 g/mol. The zero-order valence-electron chi connectivity index (χ0n) is 15.1. The van der Waals surface area contributed by atoms with Crippen LogP contribution in [0, 0.1) is 11.8 Å². The van der Waals surface area contributed by atoms with E-state index in [1.54, 1.807) is 0 Å². The highest BCUT2D eigenvalue weighted by Crippen LogP contribution is 2.14. The van der Waals surface area contributed by atoms with Crippen LogP contribution in [0.15, 0.2) is 0 Å². The first-order valence-electron chi connectivity index (χ1n) is 7.82. The van der Waals surface area contributed by atoms with Crippen molar-refractivity contribution in [1.82, 2.24) is 10.6 Å². The predicted octanol–water partition coefficient (Wildman–Crippen LogP) is 2.03. The van der Waals surface area contributed by atoms with E-state index in [1.807, 2.05) is 34.6 Å². The number of hydrogen-bond donors (Lipinski definition) is 3. The van der Waals surface area contributed by atoms with Crippen LogP contribution in [0.1, 0.15) is 54.9 Å². The highest BCUT2D eigenvalue weighted by Gasteiger charge is 2.24. The first kappa shape index (κ1) is 20.7. The van der Waals surface area contributed by atoms with E-state index in [-0.39, 0.29) is 23.8 Å². The molecule has 130 valence electrons. The van der Waals surface area contributed by atoms with Crippen molar-refractivity contribution in [2.45, 2.75) is 66.0 Å². The lowest BCUT2D eigenvalue weighted by molar-refractivity contribution is -0.119. The molecule has 0 aromatic rings. The summed E-state index contributed by atoms with van der Waals surface area (Å²) in [7, 11) is 0. The Morgan fingerprint density at radius 1 is 1.09 bits per heavy atom. The molecule has 0 aliphatic carbocycles. The summed E-state index contributed by atoms with van der Waals surface area (Å²) in [4.78, 5) is 22.8. The highest BCUT2D eigenvalue weighted by atomic mass is 16.6. The number of hydrogen-bond acceptors (Lipinski definition) is 4. The van der Waals surface area contributed by atoms with Gasteiger partial charge >= 0.3 is 6.09 Å². The van der Waals surface area contributed by atoms with E-state index in [0.29, 0.717) is 19.0 Å². The molecule has 0 bridgehead atoms. The van der Waals surface area contributed by atoms with Crippen molar-refractivity contribution in [3.05, 3.63) is 0 Å². The maximum Gasteiger partial charge on any atom is 0.407 e. The van der Waals surface area contributed by atoms with Crippen LogP contribution in [0.25, 0.3) is 0 Å². The number of ether oxygens (including phenoxy) is 1. The minimum absolute atomic E-state index is 0.236. The van der Waals surface area contributed by atoms with Crippen molar-refractivity contribution in [3.63, 3.8) is 0 Å². The average molecular weight is 315 g/mol. The van der Waals surface area contributed by atoms with Crippen molar-refractivity contribution in [2.75, 3.05) is 13.1 Å². The minimum atomic E-state index is -0.501. The fraction of sp³-hybridized carbons (Fsp3) is 0.875. The molecule has 0 spiro atoms. The molecule has 22 heavy (non-hydrogen) atoms. The fourth-order valence-electron chi connectivity index (χ4n) is 1.98. The summed E-state index contributed by atoms with van der Waals surface area (Å²) in [6.07, 6.45) is -0.133. The van der Waals surface area contributed by atoms with E-state index >= 15 is 0 Å². The van der Waals surface area contributed by atoms with Crippen LogP contribution in [0.3, 0.4) is 0 Å². The van der Waals surface area contributed by atoms with Gasteiger partial charge in [-0.2, -0.15) is 0 Å². The van der Waals surface area contributed by atoms with E-state index < -0.39 is 11.7 Å². The molecule has 6 heteroatoms. The van der Waals surface area contributed by atoms with Crippen LogP contribution >= 0.6 is 0 Å². The number of primary amides is 1. The third kappa shape index (κ3) is 10.4. The Morgan fingerprint density at radius 3 is 2.05 bits per heavy atom. The topological polar surface area (TPSA) is 93.4 Å². The van der Waals surface area contributed by atoms with Crippen LogP contribution in [-0.4, -0.2) is 36.2 Å². The lowest BCUT2D eigenvalue weighted by Crippen LogP contribution is -2.47. The van der Waals surface area contributed by atoms with Gasteiger partial charge in [0.05, 0.1) is 0 Å². The summed E-state index contributed by atoms with van der Waals surface area (Å²) in [5, 5.41) is 6.16. The van der Waals surface area contributed by atoms with Gasteiger partial charge in [-0.25, -0.2) is 4.79 Å². The number of carbonyl (C=O) groups is 2. The molecular formula is C16H33N3O3. The third-order valence-corrected chi connectivity index (χ3v) is 3.31. The maximum atomic E-state index is 11.7.